The molecule has 0 radical (unpaired) electrons. The van der Waals surface area contributed by atoms with Crippen molar-refractivity contribution < 1.29 is 9.53 Å². The van der Waals surface area contributed by atoms with Gasteiger partial charge in [0.1, 0.15) is 6.29 Å². The van der Waals surface area contributed by atoms with Crippen LogP contribution in [-0.2, 0) is 9.53 Å². The standard InChI is InChI=1S/C11H22.C4H8O.C2H6O.C2H6/c1-6-10(5)11(7-2)8-9(3)4;1-2-3-4-5;1-3-2;1-2/h9,11H,5-8H2,1-4H3;4H,2-3H2,1H3;1-2H3;1-2H3/t11-;;;/m1.../s1. The monoisotopic (exact) mass is 302 g/mol. The molecule has 0 aromatic carbocycles. The van der Waals surface area contributed by atoms with E-state index in [0.29, 0.717) is 6.42 Å². The van der Waals surface area contributed by atoms with Crippen molar-refractivity contribution in [3.8, 4) is 0 Å². The Kier molecular flexibility index (Phi) is 37.6. The molecular formula is C19H42O2. The lowest BCUT2D eigenvalue weighted by molar-refractivity contribution is -0.107. The molecule has 2 nitrogen and oxygen atoms in total. The van der Waals surface area contributed by atoms with Crippen LogP contribution in [0, 0.1) is 11.8 Å². The fourth-order valence-electron chi connectivity index (χ4n) is 1.60. The quantitative estimate of drug-likeness (QED) is 0.407. The van der Waals surface area contributed by atoms with Gasteiger partial charge in [0.2, 0.25) is 0 Å². The zero-order valence-electron chi connectivity index (χ0n) is 16.3. The minimum atomic E-state index is 0.708. The van der Waals surface area contributed by atoms with Crippen LogP contribution >= 0.6 is 0 Å². The summed E-state index contributed by atoms with van der Waals surface area (Å²) < 4.78 is 4.25. The number of carbonyl (C=O) groups is 1. The summed E-state index contributed by atoms with van der Waals surface area (Å²) in [5, 5.41) is 0. The Bertz CT molecular complexity index is 186. The Balaban J connectivity index is -0.000000120. The summed E-state index contributed by atoms with van der Waals surface area (Å²) >= 11 is 0. The second-order valence-corrected chi connectivity index (χ2v) is 5.11. The molecule has 0 bridgehead atoms. The molecule has 0 N–H and O–H groups in total. The van der Waals surface area contributed by atoms with Crippen molar-refractivity contribution in [1.29, 1.82) is 0 Å². The Hall–Kier alpha value is -0.630. The van der Waals surface area contributed by atoms with Gasteiger partial charge in [-0.25, -0.2) is 0 Å². The molecule has 0 aliphatic rings. The van der Waals surface area contributed by atoms with Crippen LogP contribution in [0.15, 0.2) is 12.2 Å². The number of carbonyl (C=O) groups excluding carboxylic acids is 1. The summed E-state index contributed by atoms with van der Waals surface area (Å²) in [5.74, 6) is 1.57. The highest BCUT2D eigenvalue weighted by Gasteiger charge is 2.10. The number of ether oxygens (including phenoxy) is 1. The topological polar surface area (TPSA) is 26.3 Å². The fourth-order valence-corrected chi connectivity index (χ4v) is 1.60. The highest BCUT2D eigenvalue weighted by molar-refractivity contribution is 5.48. The number of unbranched alkanes of at least 4 members (excludes halogenated alkanes) is 1. The van der Waals surface area contributed by atoms with Crippen molar-refractivity contribution >= 4 is 6.29 Å². The van der Waals surface area contributed by atoms with Crippen molar-refractivity contribution in [3.05, 3.63) is 12.2 Å². The average Bonchev–Trinajstić information content (AvgIpc) is 2.48. The normalized spacial score (nSPS) is 10.0. The Morgan fingerprint density at radius 1 is 1.14 bits per heavy atom. The molecule has 0 aromatic heterocycles. The first kappa shape index (κ1) is 28.5. The molecule has 0 spiro atoms. The molecule has 0 aliphatic heterocycles. The van der Waals surface area contributed by atoms with E-state index in [1.54, 1.807) is 14.2 Å². The molecule has 130 valence electrons. The molecule has 0 fully saturated rings. The van der Waals surface area contributed by atoms with Crippen molar-refractivity contribution in [3.63, 3.8) is 0 Å². The van der Waals surface area contributed by atoms with E-state index in [4.69, 9.17) is 0 Å². The van der Waals surface area contributed by atoms with E-state index in [1.807, 2.05) is 20.8 Å². The largest absolute Gasteiger partial charge is 0.388 e. The lowest BCUT2D eigenvalue weighted by atomic mass is 9.88. The first-order valence-corrected chi connectivity index (χ1v) is 8.46. The molecular weight excluding hydrogens is 260 g/mol. The maximum absolute atomic E-state index is 9.40. The zero-order chi connectivity index (χ0) is 17.7. The van der Waals surface area contributed by atoms with E-state index < -0.39 is 0 Å². The van der Waals surface area contributed by atoms with Crippen LogP contribution in [0.1, 0.15) is 80.6 Å². The third kappa shape index (κ3) is 32.7. The number of aldehydes is 1. The minimum absolute atomic E-state index is 0.708. The molecule has 0 saturated heterocycles. The maximum atomic E-state index is 9.40. The lowest BCUT2D eigenvalue weighted by Crippen LogP contribution is -2.05. The highest BCUT2D eigenvalue weighted by atomic mass is 16.4. The van der Waals surface area contributed by atoms with E-state index in [1.165, 1.54) is 18.4 Å². The SMILES string of the molecule is C=C(CC)[C@H](CC)CC(C)C.CC.CCCC=O.COC. The number of allylic oxidation sites excluding steroid dienone is 1. The highest BCUT2D eigenvalue weighted by Crippen LogP contribution is 2.23. The molecule has 0 aliphatic carbocycles. The summed E-state index contributed by atoms with van der Waals surface area (Å²) in [5.41, 5.74) is 1.43. The fraction of sp³-hybridized carbons (Fsp3) is 0.842. The second kappa shape index (κ2) is 27.7. The molecule has 0 rings (SSSR count). The summed E-state index contributed by atoms with van der Waals surface area (Å²) in [4.78, 5) is 9.40. The van der Waals surface area contributed by atoms with Crippen LogP contribution in [0.2, 0.25) is 0 Å². The van der Waals surface area contributed by atoms with Gasteiger partial charge in [0, 0.05) is 20.6 Å². The smallest absolute Gasteiger partial charge is 0.119 e. The first-order chi connectivity index (χ1) is 9.94. The van der Waals surface area contributed by atoms with Gasteiger partial charge in [-0.15, -0.1) is 0 Å². The van der Waals surface area contributed by atoms with E-state index in [9.17, 15) is 4.79 Å². The van der Waals surface area contributed by atoms with Gasteiger partial charge in [0.15, 0.2) is 0 Å². The molecule has 0 saturated carbocycles. The van der Waals surface area contributed by atoms with Gasteiger partial charge in [0.05, 0.1) is 0 Å². The van der Waals surface area contributed by atoms with Crippen LogP contribution in [-0.4, -0.2) is 20.5 Å². The van der Waals surface area contributed by atoms with Gasteiger partial charge in [-0.2, -0.15) is 0 Å². The van der Waals surface area contributed by atoms with Gasteiger partial charge in [-0.05, 0) is 37.5 Å². The van der Waals surface area contributed by atoms with Gasteiger partial charge >= 0.3 is 0 Å². The first-order valence-electron chi connectivity index (χ1n) is 8.46. The molecule has 0 aromatic rings. The van der Waals surface area contributed by atoms with Crippen molar-refractivity contribution in [2.45, 2.75) is 80.6 Å². The van der Waals surface area contributed by atoms with Gasteiger partial charge in [-0.1, -0.05) is 60.6 Å². The molecule has 0 heterocycles. The minimum Gasteiger partial charge on any atom is -0.388 e. The van der Waals surface area contributed by atoms with Crippen LogP contribution < -0.4 is 0 Å². The van der Waals surface area contributed by atoms with Crippen molar-refractivity contribution in [2.24, 2.45) is 11.8 Å². The third-order valence-electron chi connectivity index (χ3n) is 2.69. The van der Waals surface area contributed by atoms with Crippen molar-refractivity contribution in [1.82, 2.24) is 0 Å². The number of hydrogen-bond donors (Lipinski definition) is 0. The Labute approximate surface area is 135 Å². The summed E-state index contributed by atoms with van der Waals surface area (Å²) in [6.45, 7) is 19.1. The van der Waals surface area contributed by atoms with E-state index >= 15 is 0 Å². The summed E-state index contributed by atoms with van der Waals surface area (Å²) in [6.07, 6.45) is 6.32. The van der Waals surface area contributed by atoms with E-state index in [2.05, 4.69) is 39.0 Å². The van der Waals surface area contributed by atoms with Gasteiger partial charge in [0.25, 0.3) is 0 Å². The third-order valence-corrected chi connectivity index (χ3v) is 2.69. The second-order valence-electron chi connectivity index (χ2n) is 5.11. The number of rotatable bonds is 7. The predicted octanol–water partition coefficient (Wildman–Crippen LogP) is 6.30. The average molecular weight is 303 g/mol. The van der Waals surface area contributed by atoms with Gasteiger partial charge < -0.3 is 9.53 Å². The zero-order valence-corrected chi connectivity index (χ0v) is 16.3. The van der Waals surface area contributed by atoms with Crippen molar-refractivity contribution in [2.75, 3.05) is 14.2 Å². The van der Waals surface area contributed by atoms with Gasteiger partial charge in [-0.3, -0.25) is 0 Å². The molecule has 2 heteroatoms. The Morgan fingerprint density at radius 3 is 1.71 bits per heavy atom. The molecule has 0 amide bonds. The number of methoxy groups -OCH3 is 1. The van der Waals surface area contributed by atoms with Crippen LogP contribution in [0.5, 0.6) is 0 Å². The summed E-state index contributed by atoms with van der Waals surface area (Å²) in [7, 11) is 3.25. The predicted molar refractivity (Wildman–Crippen MR) is 97.9 cm³/mol. The molecule has 1 atom stereocenters. The molecule has 0 unspecified atom stereocenters. The maximum Gasteiger partial charge on any atom is 0.119 e. The van der Waals surface area contributed by atoms with Crippen LogP contribution in [0.25, 0.3) is 0 Å². The van der Waals surface area contributed by atoms with Crippen LogP contribution in [0.4, 0.5) is 0 Å². The van der Waals surface area contributed by atoms with E-state index in [-0.39, 0.29) is 0 Å². The lowest BCUT2D eigenvalue weighted by Gasteiger charge is -2.18. The Morgan fingerprint density at radius 2 is 1.57 bits per heavy atom. The van der Waals surface area contributed by atoms with E-state index in [0.717, 1.165) is 31.0 Å². The summed E-state index contributed by atoms with van der Waals surface area (Å²) in [6, 6.07) is 0. The number of hydrogen-bond acceptors (Lipinski definition) is 2. The van der Waals surface area contributed by atoms with Crippen LogP contribution in [0.3, 0.4) is 0 Å². The molecule has 21 heavy (non-hydrogen) atoms.